The van der Waals surface area contributed by atoms with Crippen molar-refractivity contribution in [3.8, 4) is 0 Å². The molecule has 0 aliphatic rings. The van der Waals surface area contributed by atoms with E-state index >= 15 is 0 Å². The molecule has 0 saturated carbocycles. The molecule has 3 nitrogen and oxygen atoms in total. The summed E-state index contributed by atoms with van der Waals surface area (Å²) >= 11 is 1.59. The van der Waals surface area contributed by atoms with Gasteiger partial charge in [-0.3, -0.25) is 8.77 Å². The van der Waals surface area contributed by atoms with Crippen molar-refractivity contribution in [3.05, 3.63) is 36.0 Å². The van der Waals surface area contributed by atoms with Gasteiger partial charge < -0.3 is 5.73 Å². The van der Waals surface area contributed by atoms with Crippen LogP contribution in [0.5, 0.6) is 0 Å². The molecule has 1 amide bonds. The number of benzene rings is 1. The molecule has 1 heterocycles. The van der Waals surface area contributed by atoms with Gasteiger partial charge in [-0.2, -0.15) is 0 Å². The number of amides is 1. The molecule has 14 heavy (non-hydrogen) atoms. The fourth-order valence-corrected chi connectivity index (χ4v) is 1.95. The molecule has 2 rings (SSSR count). The van der Waals surface area contributed by atoms with Crippen LogP contribution in [0.4, 0.5) is 0 Å². The summed E-state index contributed by atoms with van der Waals surface area (Å²) in [5.74, 6) is -0.388. The highest BCUT2D eigenvalue weighted by molar-refractivity contribution is 7.97. The molecule has 0 aliphatic carbocycles. The van der Waals surface area contributed by atoms with Crippen LogP contribution in [0.15, 0.2) is 30.5 Å². The van der Waals surface area contributed by atoms with Crippen LogP contribution < -0.4 is 5.73 Å². The monoisotopic (exact) mass is 206 g/mol. The molecule has 1 aromatic carbocycles. The van der Waals surface area contributed by atoms with Crippen LogP contribution in [0.3, 0.4) is 0 Å². The van der Waals surface area contributed by atoms with Gasteiger partial charge in [0.15, 0.2) is 0 Å². The first kappa shape index (κ1) is 9.15. The minimum atomic E-state index is -0.388. The zero-order valence-corrected chi connectivity index (χ0v) is 8.54. The van der Waals surface area contributed by atoms with E-state index in [1.807, 2.05) is 34.6 Å². The third kappa shape index (κ3) is 1.37. The minimum absolute atomic E-state index is 0.388. The van der Waals surface area contributed by atoms with Gasteiger partial charge in [-0.15, -0.1) is 0 Å². The highest BCUT2D eigenvalue weighted by Crippen LogP contribution is 2.20. The van der Waals surface area contributed by atoms with E-state index in [0.717, 1.165) is 10.9 Å². The van der Waals surface area contributed by atoms with E-state index in [2.05, 4.69) is 0 Å². The number of fused-ring (bicyclic) bond motifs is 1. The predicted octanol–water partition coefficient (Wildman–Crippen LogP) is 1.87. The van der Waals surface area contributed by atoms with Crippen LogP contribution >= 0.6 is 11.9 Å². The first-order chi connectivity index (χ1) is 6.72. The lowest BCUT2D eigenvalue weighted by Crippen LogP contribution is -2.10. The van der Waals surface area contributed by atoms with E-state index < -0.39 is 0 Å². The van der Waals surface area contributed by atoms with Crippen molar-refractivity contribution < 1.29 is 4.79 Å². The second-order valence-corrected chi connectivity index (χ2v) is 3.72. The molecule has 0 spiro atoms. The van der Waals surface area contributed by atoms with Gasteiger partial charge in [0.05, 0.1) is 5.52 Å². The molecular formula is C10H10N2OS. The van der Waals surface area contributed by atoms with Gasteiger partial charge in [-0.1, -0.05) is 6.07 Å². The number of primary amides is 1. The van der Waals surface area contributed by atoms with E-state index in [4.69, 9.17) is 5.73 Å². The summed E-state index contributed by atoms with van der Waals surface area (Å²) in [6, 6.07) is 7.47. The number of nitrogens with zero attached hydrogens (tertiary/aromatic N) is 1. The van der Waals surface area contributed by atoms with Crippen LogP contribution in [0.2, 0.25) is 0 Å². The topological polar surface area (TPSA) is 48.0 Å². The molecular weight excluding hydrogens is 196 g/mol. The summed E-state index contributed by atoms with van der Waals surface area (Å²) in [5.41, 5.74) is 6.78. The summed E-state index contributed by atoms with van der Waals surface area (Å²) in [6.07, 6.45) is 3.95. The van der Waals surface area contributed by atoms with Gasteiger partial charge >= 0.3 is 0 Å². The Morgan fingerprint density at radius 1 is 1.43 bits per heavy atom. The van der Waals surface area contributed by atoms with Gasteiger partial charge in [0.1, 0.15) is 0 Å². The standard InChI is InChI=1S/C10H10N2OS/c1-14-12-5-4-7-2-3-8(10(11)13)6-9(7)12/h2-6H,1H3,(H2,11,13). The summed E-state index contributed by atoms with van der Waals surface area (Å²) in [4.78, 5) is 11.0. The Labute approximate surface area is 86.0 Å². The van der Waals surface area contributed by atoms with Crippen LogP contribution in [0, 0.1) is 0 Å². The van der Waals surface area contributed by atoms with Crippen molar-refractivity contribution in [2.24, 2.45) is 5.73 Å². The number of rotatable bonds is 2. The van der Waals surface area contributed by atoms with Crippen LogP contribution in [-0.2, 0) is 0 Å². The maximum atomic E-state index is 11.0. The number of carbonyl (C=O) groups is 1. The van der Waals surface area contributed by atoms with Crippen LogP contribution in [0.1, 0.15) is 10.4 Å². The molecule has 72 valence electrons. The zero-order chi connectivity index (χ0) is 10.1. The first-order valence-corrected chi connectivity index (χ1v) is 5.36. The number of hydrogen-bond acceptors (Lipinski definition) is 2. The van der Waals surface area contributed by atoms with E-state index in [1.165, 1.54) is 0 Å². The fraction of sp³-hybridized carbons (Fsp3) is 0.100. The normalized spacial score (nSPS) is 10.6. The van der Waals surface area contributed by atoms with Crippen molar-refractivity contribution in [3.63, 3.8) is 0 Å². The fourth-order valence-electron chi connectivity index (χ4n) is 1.42. The average molecular weight is 206 g/mol. The lowest BCUT2D eigenvalue weighted by molar-refractivity contribution is 0.100. The number of nitrogens with two attached hydrogens (primary N) is 1. The van der Waals surface area contributed by atoms with Crippen molar-refractivity contribution in [1.29, 1.82) is 0 Å². The average Bonchev–Trinajstić information content (AvgIpc) is 2.59. The Morgan fingerprint density at radius 2 is 2.21 bits per heavy atom. The lowest BCUT2D eigenvalue weighted by atomic mass is 10.1. The Balaban J connectivity index is 2.67. The summed E-state index contributed by atoms with van der Waals surface area (Å²) in [7, 11) is 0. The minimum Gasteiger partial charge on any atom is -0.366 e. The molecule has 2 N–H and O–H groups in total. The molecule has 0 saturated heterocycles. The van der Waals surface area contributed by atoms with Crippen LogP contribution in [0.25, 0.3) is 10.9 Å². The molecule has 1 aromatic heterocycles. The molecule has 0 radical (unpaired) electrons. The van der Waals surface area contributed by atoms with E-state index in [-0.39, 0.29) is 5.91 Å². The zero-order valence-electron chi connectivity index (χ0n) is 7.73. The Bertz CT molecular complexity index is 490. The molecule has 0 aliphatic heterocycles. The Hall–Kier alpha value is -1.42. The van der Waals surface area contributed by atoms with E-state index in [9.17, 15) is 4.79 Å². The summed E-state index contributed by atoms with van der Waals surface area (Å²) in [6.45, 7) is 0. The van der Waals surface area contributed by atoms with Crippen molar-refractivity contribution in [1.82, 2.24) is 3.97 Å². The number of carbonyl (C=O) groups excluding carboxylic acids is 1. The summed E-state index contributed by atoms with van der Waals surface area (Å²) in [5, 5.41) is 1.12. The van der Waals surface area contributed by atoms with Gasteiger partial charge in [0.25, 0.3) is 0 Å². The molecule has 0 bridgehead atoms. The SMILES string of the molecule is CSn1ccc2ccc(C(N)=O)cc21. The third-order valence-electron chi connectivity index (χ3n) is 2.14. The largest absolute Gasteiger partial charge is 0.366 e. The summed E-state index contributed by atoms with van der Waals surface area (Å²) < 4.78 is 2.00. The second kappa shape index (κ2) is 3.38. The molecule has 0 unspecified atom stereocenters. The van der Waals surface area contributed by atoms with E-state index in [0.29, 0.717) is 5.56 Å². The van der Waals surface area contributed by atoms with E-state index in [1.54, 1.807) is 18.0 Å². The predicted molar refractivity (Wildman–Crippen MR) is 59.4 cm³/mol. The second-order valence-electron chi connectivity index (χ2n) is 2.96. The number of hydrogen-bond donors (Lipinski definition) is 1. The quantitative estimate of drug-likeness (QED) is 0.815. The maximum absolute atomic E-state index is 11.0. The van der Waals surface area contributed by atoms with Gasteiger partial charge in [0, 0.05) is 23.4 Å². The highest BCUT2D eigenvalue weighted by Gasteiger charge is 2.04. The molecule has 0 atom stereocenters. The van der Waals surface area contributed by atoms with Crippen molar-refractivity contribution in [2.75, 3.05) is 6.26 Å². The smallest absolute Gasteiger partial charge is 0.248 e. The Kier molecular flexibility index (Phi) is 2.21. The number of aromatic nitrogens is 1. The van der Waals surface area contributed by atoms with Gasteiger partial charge in [-0.05, 0) is 30.1 Å². The highest BCUT2D eigenvalue weighted by atomic mass is 32.2. The Morgan fingerprint density at radius 3 is 2.86 bits per heavy atom. The van der Waals surface area contributed by atoms with Gasteiger partial charge in [0.2, 0.25) is 5.91 Å². The van der Waals surface area contributed by atoms with Crippen molar-refractivity contribution >= 4 is 28.8 Å². The lowest BCUT2D eigenvalue weighted by Gasteiger charge is -2.00. The maximum Gasteiger partial charge on any atom is 0.248 e. The van der Waals surface area contributed by atoms with Crippen molar-refractivity contribution in [2.45, 2.75) is 0 Å². The third-order valence-corrected chi connectivity index (χ3v) is 2.85. The molecule has 4 heteroatoms. The van der Waals surface area contributed by atoms with Gasteiger partial charge in [-0.25, -0.2) is 0 Å². The first-order valence-electron chi connectivity index (χ1n) is 4.18. The van der Waals surface area contributed by atoms with Crippen LogP contribution in [-0.4, -0.2) is 16.1 Å². The molecule has 2 aromatic rings. The molecule has 0 fully saturated rings.